The lowest BCUT2D eigenvalue weighted by molar-refractivity contribution is -0.115. The van der Waals surface area contributed by atoms with E-state index in [1.54, 1.807) is 12.4 Å². The molecule has 0 aliphatic heterocycles. The van der Waals surface area contributed by atoms with E-state index in [-0.39, 0.29) is 11.2 Å². The van der Waals surface area contributed by atoms with Crippen LogP contribution in [0.2, 0.25) is 0 Å². The fourth-order valence-corrected chi connectivity index (χ4v) is 4.30. The highest BCUT2D eigenvalue weighted by Crippen LogP contribution is 2.30. The normalized spacial score (nSPS) is 11.8. The quantitative estimate of drug-likeness (QED) is 0.362. The van der Waals surface area contributed by atoms with Crippen molar-refractivity contribution < 1.29 is 4.79 Å². The average molecular weight is 444 g/mol. The molecule has 7 heteroatoms. The number of benzene rings is 2. The van der Waals surface area contributed by atoms with Crippen molar-refractivity contribution in [2.75, 3.05) is 5.32 Å². The van der Waals surface area contributed by atoms with E-state index in [9.17, 15) is 4.79 Å². The van der Waals surface area contributed by atoms with Gasteiger partial charge in [-0.05, 0) is 37.1 Å². The molecular formula is C25H25N5OS. The highest BCUT2D eigenvalue weighted by molar-refractivity contribution is 8.00. The van der Waals surface area contributed by atoms with Crippen molar-refractivity contribution in [1.82, 2.24) is 19.7 Å². The largest absolute Gasteiger partial charge is 0.325 e. The molecule has 2 heterocycles. The summed E-state index contributed by atoms with van der Waals surface area (Å²) in [5.41, 5.74) is 3.81. The molecule has 1 N–H and O–H groups in total. The van der Waals surface area contributed by atoms with Crippen LogP contribution in [0.3, 0.4) is 0 Å². The summed E-state index contributed by atoms with van der Waals surface area (Å²) in [6.07, 6.45) is 4.43. The van der Waals surface area contributed by atoms with Crippen LogP contribution in [-0.4, -0.2) is 30.9 Å². The number of pyridine rings is 1. The summed E-state index contributed by atoms with van der Waals surface area (Å²) in [7, 11) is 0. The number of amides is 1. The third-order valence-corrected chi connectivity index (χ3v) is 6.10. The number of hydrogen-bond acceptors (Lipinski definition) is 5. The first kappa shape index (κ1) is 21.8. The molecule has 0 spiro atoms. The Hall–Kier alpha value is -3.45. The minimum Gasteiger partial charge on any atom is -0.325 e. The van der Waals surface area contributed by atoms with Gasteiger partial charge in [0.05, 0.1) is 5.25 Å². The molecule has 0 saturated heterocycles. The first-order chi connectivity index (χ1) is 15.7. The second kappa shape index (κ2) is 10.2. The molecule has 162 valence electrons. The highest BCUT2D eigenvalue weighted by Gasteiger charge is 2.21. The van der Waals surface area contributed by atoms with E-state index in [0.717, 1.165) is 46.3 Å². The number of anilines is 1. The smallest absolute Gasteiger partial charge is 0.237 e. The van der Waals surface area contributed by atoms with E-state index in [1.165, 1.54) is 11.8 Å². The maximum atomic E-state index is 13.0. The first-order valence-corrected chi connectivity index (χ1v) is 11.5. The molecule has 2 aromatic heterocycles. The summed E-state index contributed by atoms with van der Waals surface area (Å²) < 4.78 is 2.07. The van der Waals surface area contributed by atoms with Crippen molar-refractivity contribution in [2.24, 2.45) is 0 Å². The summed E-state index contributed by atoms with van der Waals surface area (Å²) in [5.74, 6) is 0.716. The van der Waals surface area contributed by atoms with Gasteiger partial charge in [0.25, 0.3) is 0 Å². The van der Waals surface area contributed by atoms with Crippen molar-refractivity contribution in [3.8, 4) is 22.5 Å². The second-order valence-corrected chi connectivity index (χ2v) is 8.66. The molecular weight excluding hydrogens is 418 g/mol. The monoisotopic (exact) mass is 443 g/mol. The standard InChI is InChI=1S/C25H25N5OS/c1-3-17-30-23(20-13-15-26-16-14-20)28-29-25(30)32-18(2)24(31)27-22-12-8-7-11-21(22)19-9-5-4-6-10-19/h4-16,18H,3,17H2,1-2H3,(H,27,31)/t18-/m0/s1. The number of nitrogens with zero attached hydrogens (tertiary/aromatic N) is 4. The minimum atomic E-state index is -0.344. The van der Waals surface area contributed by atoms with Crippen LogP contribution in [0.5, 0.6) is 0 Å². The zero-order valence-electron chi connectivity index (χ0n) is 18.1. The minimum absolute atomic E-state index is 0.0742. The number of hydrogen-bond donors (Lipinski definition) is 1. The predicted octanol–water partition coefficient (Wildman–Crippen LogP) is 5.54. The van der Waals surface area contributed by atoms with Crippen LogP contribution in [0.25, 0.3) is 22.5 Å². The number of carbonyl (C=O) groups excluding carboxylic acids is 1. The SMILES string of the molecule is CCCn1c(S[C@@H](C)C(=O)Nc2ccccc2-c2ccccc2)nnc1-c1ccncc1. The number of para-hydroxylation sites is 1. The topological polar surface area (TPSA) is 72.7 Å². The molecule has 0 aliphatic rings. The van der Waals surface area contributed by atoms with Crippen LogP contribution >= 0.6 is 11.8 Å². The van der Waals surface area contributed by atoms with Crippen LogP contribution in [0.4, 0.5) is 5.69 Å². The zero-order chi connectivity index (χ0) is 22.3. The molecule has 0 radical (unpaired) electrons. The van der Waals surface area contributed by atoms with Gasteiger partial charge in [0.1, 0.15) is 0 Å². The number of rotatable bonds is 8. The van der Waals surface area contributed by atoms with Crippen LogP contribution in [0.1, 0.15) is 20.3 Å². The van der Waals surface area contributed by atoms with Crippen LogP contribution in [0.15, 0.2) is 84.3 Å². The highest BCUT2D eigenvalue weighted by atomic mass is 32.2. The Morgan fingerprint density at radius 3 is 2.44 bits per heavy atom. The Balaban J connectivity index is 1.53. The molecule has 1 atom stereocenters. The van der Waals surface area contributed by atoms with Gasteiger partial charge in [-0.15, -0.1) is 10.2 Å². The molecule has 0 unspecified atom stereocenters. The van der Waals surface area contributed by atoms with Gasteiger partial charge in [-0.2, -0.15) is 0 Å². The molecule has 1 amide bonds. The maximum absolute atomic E-state index is 13.0. The Morgan fingerprint density at radius 2 is 1.69 bits per heavy atom. The van der Waals surface area contributed by atoms with Crippen molar-refractivity contribution in [2.45, 2.75) is 37.2 Å². The summed E-state index contributed by atoms with van der Waals surface area (Å²) >= 11 is 1.42. The molecule has 32 heavy (non-hydrogen) atoms. The third-order valence-electron chi connectivity index (χ3n) is 5.02. The fourth-order valence-electron chi connectivity index (χ4n) is 3.42. The molecule has 6 nitrogen and oxygen atoms in total. The van der Waals surface area contributed by atoms with E-state index in [1.807, 2.05) is 73.7 Å². The second-order valence-electron chi connectivity index (χ2n) is 7.35. The Kier molecular flexibility index (Phi) is 6.97. The fraction of sp³-hybridized carbons (Fsp3) is 0.200. The van der Waals surface area contributed by atoms with E-state index in [4.69, 9.17) is 0 Å². The Bertz CT molecular complexity index is 1180. The molecule has 0 bridgehead atoms. The van der Waals surface area contributed by atoms with Gasteiger partial charge < -0.3 is 9.88 Å². The lowest BCUT2D eigenvalue weighted by Crippen LogP contribution is -2.23. The van der Waals surface area contributed by atoms with Gasteiger partial charge in [-0.25, -0.2) is 0 Å². The van der Waals surface area contributed by atoms with Crippen LogP contribution < -0.4 is 5.32 Å². The number of nitrogens with one attached hydrogen (secondary N) is 1. The van der Waals surface area contributed by atoms with Crippen LogP contribution in [-0.2, 0) is 11.3 Å². The summed E-state index contributed by atoms with van der Waals surface area (Å²) in [5, 5.41) is 12.3. The van der Waals surface area contributed by atoms with Gasteiger partial charge in [-0.3, -0.25) is 9.78 Å². The van der Waals surface area contributed by atoms with Crippen molar-refractivity contribution in [3.05, 3.63) is 79.1 Å². The van der Waals surface area contributed by atoms with Gasteiger partial charge >= 0.3 is 0 Å². The molecule has 2 aromatic carbocycles. The third kappa shape index (κ3) is 4.89. The summed E-state index contributed by atoms with van der Waals surface area (Å²) in [6.45, 7) is 4.78. The van der Waals surface area contributed by atoms with E-state index in [2.05, 4.69) is 32.0 Å². The molecule has 4 aromatic rings. The number of carbonyl (C=O) groups is 1. The Morgan fingerprint density at radius 1 is 0.969 bits per heavy atom. The van der Waals surface area contributed by atoms with Crippen molar-refractivity contribution >= 4 is 23.4 Å². The predicted molar refractivity (Wildman–Crippen MR) is 129 cm³/mol. The van der Waals surface area contributed by atoms with E-state index >= 15 is 0 Å². The van der Waals surface area contributed by atoms with Gasteiger partial charge in [0, 0.05) is 35.8 Å². The molecule has 4 rings (SSSR count). The molecule has 0 aliphatic carbocycles. The van der Waals surface area contributed by atoms with Gasteiger partial charge in [-0.1, -0.05) is 67.2 Å². The summed E-state index contributed by atoms with van der Waals surface area (Å²) in [4.78, 5) is 17.1. The van der Waals surface area contributed by atoms with Gasteiger partial charge in [0.2, 0.25) is 5.91 Å². The van der Waals surface area contributed by atoms with E-state index in [0.29, 0.717) is 0 Å². The van der Waals surface area contributed by atoms with Crippen molar-refractivity contribution in [1.29, 1.82) is 0 Å². The zero-order valence-corrected chi connectivity index (χ0v) is 18.9. The average Bonchev–Trinajstić information content (AvgIpc) is 3.23. The summed E-state index contributed by atoms with van der Waals surface area (Å²) in [6, 6.07) is 21.7. The first-order valence-electron chi connectivity index (χ1n) is 10.6. The lowest BCUT2D eigenvalue weighted by atomic mass is 10.0. The molecule has 0 fully saturated rings. The van der Waals surface area contributed by atoms with Crippen molar-refractivity contribution in [3.63, 3.8) is 0 Å². The van der Waals surface area contributed by atoms with Crippen LogP contribution in [0, 0.1) is 0 Å². The Labute approximate surface area is 192 Å². The molecule has 0 saturated carbocycles. The number of thioether (sulfide) groups is 1. The number of aromatic nitrogens is 4. The van der Waals surface area contributed by atoms with E-state index < -0.39 is 0 Å². The van der Waals surface area contributed by atoms with Gasteiger partial charge in [0.15, 0.2) is 11.0 Å². The maximum Gasteiger partial charge on any atom is 0.237 e. The lowest BCUT2D eigenvalue weighted by Gasteiger charge is -2.15.